The molecule has 3 rings (SSSR count). The molecule has 0 aromatic heterocycles. The molecule has 1 aliphatic rings. The smallest absolute Gasteiger partial charge is 0.161 e. The van der Waals surface area contributed by atoms with Gasteiger partial charge in [0.1, 0.15) is 26.4 Å². The Bertz CT molecular complexity index is 705. The van der Waals surface area contributed by atoms with Crippen LogP contribution in [0.3, 0.4) is 0 Å². The first kappa shape index (κ1) is 20.3. The van der Waals surface area contributed by atoms with Gasteiger partial charge in [0.2, 0.25) is 0 Å². The molecule has 28 heavy (non-hydrogen) atoms. The van der Waals surface area contributed by atoms with E-state index in [1.807, 2.05) is 48.5 Å². The molecule has 2 aromatic carbocycles. The van der Waals surface area contributed by atoms with Crippen LogP contribution in [0.2, 0.25) is 0 Å². The van der Waals surface area contributed by atoms with Crippen molar-refractivity contribution in [2.24, 2.45) is 0 Å². The summed E-state index contributed by atoms with van der Waals surface area (Å²) in [6.07, 6.45) is 0.821. The summed E-state index contributed by atoms with van der Waals surface area (Å²) in [4.78, 5) is 0. The molecule has 0 radical (unpaired) electrons. The fourth-order valence-corrected chi connectivity index (χ4v) is 2.73. The molecule has 0 amide bonds. The molecule has 0 spiro atoms. The van der Waals surface area contributed by atoms with Gasteiger partial charge in [0.25, 0.3) is 0 Å². The van der Waals surface area contributed by atoms with Crippen LogP contribution in [-0.4, -0.2) is 52.4 Å². The molecule has 0 saturated carbocycles. The number of ether oxygens (including phenoxy) is 6. The molecular weight excluding hydrogens is 360 g/mol. The first-order chi connectivity index (χ1) is 13.9. The van der Waals surface area contributed by atoms with E-state index in [4.69, 9.17) is 28.4 Å². The topological polar surface area (TPSA) is 55.4 Å². The molecule has 1 aliphatic heterocycles. The SMILES string of the molecule is CC[C@@H]1COc2ccccc2OCCOCCOc2ccccc2OCCO1. The van der Waals surface area contributed by atoms with Gasteiger partial charge in [-0.2, -0.15) is 0 Å². The highest BCUT2D eigenvalue weighted by Gasteiger charge is 2.12. The summed E-state index contributed by atoms with van der Waals surface area (Å²) in [5.41, 5.74) is 0. The Balaban J connectivity index is 1.63. The van der Waals surface area contributed by atoms with E-state index in [2.05, 4.69) is 6.92 Å². The Morgan fingerprint density at radius 3 is 1.61 bits per heavy atom. The minimum atomic E-state index is -0.0228. The highest BCUT2D eigenvalue weighted by Crippen LogP contribution is 2.27. The van der Waals surface area contributed by atoms with E-state index >= 15 is 0 Å². The minimum absolute atomic E-state index is 0.0228. The highest BCUT2D eigenvalue weighted by molar-refractivity contribution is 5.40. The third-order valence-electron chi connectivity index (χ3n) is 4.24. The Morgan fingerprint density at radius 1 is 0.643 bits per heavy atom. The third-order valence-corrected chi connectivity index (χ3v) is 4.24. The van der Waals surface area contributed by atoms with E-state index in [1.165, 1.54) is 0 Å². The second kappa shape index (κ2) is 11.4. The predicted octanol–water partition coefficient (Wildman–Crippen LogP) is 3.73. The number of para-hydroxylation sites is 4. The molecule has 1 heterocycles. The fraction of sp³-hybridized carbons (Fsp3) is 0.455. The molecule has 6 heteroatoms. The van der Waals surface area contributed by atoms with Crippen molar-refractivity contribution in [2.45, 2.75) is 19.4 Å². The molecule has 0 unspecified atom stereocenters. The maximum Gasteiger partial charge on any atom is 0.161 e. The van der Waals surface area contributed by atoms with Crippen LogP contribution in [0.5, 0.6) is 23.0 Å². The zero-order chi connectivity index (χ0) is 19.4. The lowest BCUT2D eigenvalue weighted by Gasteiger charge is -2.19. The first-order valence-corrected chi connectivity index (χ1v) is 9.75. The lowest BCUT2D eigenvalue weighted by atomic mass is 10.3. The summed E-state index contributed by atoms with van der Waals surface area (Å²) in [6, 6.07) is 15.3. The summed E-state index contributed by atoms with van der Waals surface area (Å²) in [6.45, 7) is 5.25. The monoisotopic (exact) mass is 388 g/mol. The molecule has 2 aromatic rings. The van der Waals surface area contributed by atoms with Crippen molar-refractivity contribution in [3.63, 3.8) is 0 Å². The van der Waals surface area contributed by atoms with E-state index in [0.717, 1.165) is 6.42 Å². The summed E-state index contributed by atoms with van der Waals surface area (Å²) in [5, 5.41) is 0. The van der Waals surface area contributed by atoms with Crippen LogP contribution in [0.4, 0.5) is 0 Å². The number of hydrogen-bond donors (Lipinski definition) is 0. The Labute approximate surface area is 166 Å². The van der Waals surface area contributed by atoms with Crippen LogP contribution in [0, 0.1) is 0 Å². The number of hydrogen-bond acceptors (Lipinski definition) is 6. The summed E-state index contributed by atoms with van der Waals surface area (Å²) >= 11 is 0. The van der Waals surface area contributed by atoms with Gasteiger partial charge >= 0.3 is 0 Å². The van der Waals surface area contributed by atoms with Crippen molar-refractivity contribution in [3.8, 4) is 23.0 Å². The van der Waals surface area contributed by atoms with Gasteiger partial charge in [-0.15, -0.1) is 0 Å². The molecule has 6 nitrogen and oxygen atoms in total. The zero-order valence-electron chi connectivity index (χ0n) is 16.3. The molecule has 0 saturated heterocycles. The maximum absolute atomic E-state index is 5.94. The van der Waals surface area contributed by atoms with Crippen LogP contribution in [0.15, 0.2) is 48.5 Å². The van der Waals surface area contributed by atoms with Crippen LogP contribution >= 0.6 is 0 Å². The summed E-state index contributed by atoms with van der Waals surface area (Å²) < 4.78 is 34.9. The quantitative estimate of drug-likeness (QED) is 0.742. The van der Waals surface area contributed by atoms with Gasteiger partial charge in [-0.1, -0.05) is 31.2 Å². The second-order valence-electron chi connectivity index (χ2n) is 6.26. The fourth-order valence-electron chi connectivity index (χ4n) is 2.73. The molecule has 0 fully saturated rings. The number of fused-ring (bicyclic) bond motifs is 2. The van der Waals surface area contributed by atoms with Crippen molar-refractivity contribution in [1.82, 2.24) is 0 Å². The highest BCUT2D eigenvalue weighted by atomic mass is 16.6. The van der Waals surface area contributed by atoms with Gasteiger partial charge in [0.05, 0.1) is 25.9 Å². The van der Waals surface area contributed by atoms with Crippen molar-refractivity contribution in [1.29, 1.82) is 0 Å². The molecule has 0 bridgehead atoms. The van der Waals surface area contributed by atoms with Gasteiger partial charge < -0.3 is 28.4 Å². The number of benzene rings is 2. The van der Waals surface area contributed by atoms with Gasteiger partial charge in [-0.05, 0) is 30.7 Å². The molecule has 0 aliphatic carbocycles. The average molecular weight is 388 g/mol. The van der Waals surface area contributed by atoms with Crippen LogP contribution in [-0.2, 0) is 9.47 Å². The van der Waals surface area contributed by atoms with Gasteiger partial charge in [0, 0.05) is 0 Å². The standard InChI is InChI=1S/C22H28O6/c1-2-18-17-28-22-10-6-5-9-21(22)26-14-12-23-11-13-25-19-7-3-4-8-20(19)27-16-15-24-18/h3-10,18H,2,11-17H2,1H3/t18-/m1/s1. The van der Waals surface area contributed by atoms with Crippen molar-refractivity contribution >= 4 is 0 Å². The summed E-state index contributed by atoms with van der Waals surface area (Å²) in [5.74, 6) is 2.82. The van der Waals surface area contributed by atoms with Crippen LogP contribution in [0.1, 0.15) is 13.3 Å². The minimum Gasteiger partial charge on any atom is -0.487 e. The molecule has 0 N–H and O–H groups in total. The maximum atomic E-state index is 5.94. The van der Waals surface area contributed by atoms with E-state index < -0.39 is 0 Å². The normalized spacial score (nSPS) is 19.2. The second-order valence-corrected chi connectivity index (χ2v) is 6.26. The van der Waals surface area contributed by atoms with E-state index in [9.17, 15) is 0 Å². The predicted molar refractivity (Wildman–Crippen MR) is 106 cm³/mol. The van der Waals surface area contributed by atoms with E-state index in [0.29, 0.717) is 69.2 Å². The lowest BCUT2D eigenvalue weighted by molar-refractivity contribution is 0.00301. The first-order valence-electron chi connectivity index (χ1n) is 9.75. The summed E-state index contributed by atoms with van der Waals surface area (Å²) in [7, 11) is 0. The lowest BCUT2D eigenvalue weighted by Crippen LogP contribution is -2.24. The largest absolute Gasteiger partial charge is 0.487 e. The van der Waals surface area contributed by atoms with Crippen molar-refractivity contribution < 1.29 is 28.4 Å². The van der Waals surface area contributed by atoms with Crippen molar-refractivity contribution in [2.75, 3.05) is 46.2 Å². The zero-order valence-corrected chi connectivity index (χ0v) is 16.3. The van der Waals surface area contributed by atoms with Crippen LogP contribution < -0.4 is 18.9 Å². The number of rotatable bonds is 1. The Morgan fingerprint density at radius 2 is 1.11 bits per heavy atom. The average Bonchev–Trinajstić information content (AvgIpc) is 2.73. The Kier molecular flexibility index (Phi) is 8.27. The van der Waals surface area contributed by atoms with Gasteiger partial charge in [-0.25, -0.2) is 0 Å². The Hall–Kier alpha value is -2.44. The van der Waals surface area contributed by atoms with Crippen LogP contribution in [0.25, 0.3) is 0 Å². The van der Waals surface area contributed by atoms with Gasteiger partial charge in [-0.3, -0.25) is 0 Å². The molecule has 152 valence electrons. The third kappa shape index (κ3) is 6.32. The molecule has 1 atom stereocenters. The van der Waals surface area contributed by atoms with Gasteiger partial charge in [0.15, 0.2) is 23.0 Å². The van der Waals surface area contributed by atoms with Crippen molar-refractivity contribution in [3.05, 3.63) is 48.5 Å². The van der Waals surface area contributed by atoms with E-state index in [1.54, 1.807) is 0 Å². The van der Waals surface area contributed by atoms with E-state index in [-0.39, 0.29) is 6.10 Å². The molecular formula is C22H28O6.